The molecule has 1 N–H and O–H groups in total. The molecule has 0 atom stereocenters. The third kappa shape index (κ3) is 6.05. The summed E-state index contributed by atoms with van der Waals surface area (Å²) in [5.74, 6) is 0.652. The number of hydrogen-bond donors (Lipinski definition) is 1. The molecule has 0 amide bonds. The van der Waals surface area contributed by atoms with Gasteiger partial charge >= 0.3 is 0 Å². The van der Waals surface area contributed by atoms with Crippen LogP contribution in [0.15, 0.2) is 24.3 Å². The van der Waals surface area contributed by atoms with Crippen LogP contribution in [0.25, 0.3) is 0 Å². The number of nitrogens with one attached hydrogen (secondary N) is 1. The second kappa shape index (κ2) is 6.99. The molecule has 0 aliphatic rings. The Balaban J connectivity index is 2.41. The van der Waals surface area contributed by atoms with E-state index in [9.17, 15) is 8.42 Å². The largest absolute Gasteiger partial charge is 0.212 e. The van der Waals surface area contributed by atoms with Crippen LogP contribution < -0.4 is 4.72 Å². The Kier molecular flexibility index (Phi) is 5.95. The summed E-state index contributed by atoms with van der Waals surface area (Å²) in [6.45, 7) is 2.35. The van der Waals surface area contributed by atoms with Gasteiger partial charge in [-0.3, -0.25) is 0 Å². The van der Waals surface area contributed by atoms with E-state index >= 15 is 0 Å². The van der Waals surface area contributed by atoms with Gasteiger partial charge in [-0.1, -0.05) is 29.8 Å². The molecule has 0 unspecified atom stereocenters. The summed E-state index contributed by atoms with van der Waals surface area (Å²) in [6, 6.07) is 7.79. The molecule has 17 heavy (non-hydrogen) atoms. The second-order valence-electron chi connectivity index (χ2n) is 4.02. The van der Waals surface area contributed by atoms with Crippen LogP contribution in [0.4, 0.5) is 0 Å². The van der Waals surface area contributed by atoms with Crippen LogP contribution in [0.2, 0.25) is 0 Å². The van der Waals surface area contributed by atoms with Crippen LogP contribution in [0, 0.1) is 6.92 Å². The monoisotopic (exact) mass is 275 g/mol. The van der Waals surface area contributed by atoms with Crippen LogP contribution >= 0.6 is 11.6 Å². The molecule has 0 aliphatic heterocycles. The summed E-state index contributed by atoms with van der Waals surface area (Å²) in [7, 11) is -3.17. The van der Waals surface area contributed by atoms with Gasteiger partial charge < -0.3 is 0 Å². The van der Waals surface area contributed by atoms with Crippen LogP contribution in [0.1, 0.15) is 24.0 Å². The van der Waals surface area contributed by atoms with Crippen molar-refractivity contribution in [2.24, 2.45) is 0 Å². The zero-order valence-corrected chi connectivity index (χ0v) is 11.5. The van der Waals surface area contributed by atoms with E-state index in [1.165, 1.54) is 5.56 Å². The maximum Gasteiger partial charge on any atom is 0.211 e. The van der Waals surface area contributed by atoms with Gasteiger partial charge in [-0.05, 0) is 25.3 Å². The first-order valence-electron chi connectivity index (χ1n) is 5.62. The summed E-state index contributed by atoms with van der Waals surface area (Å²) in [6.07, 6.45) is 1.33. The average molecular weight is 276 g/mol. The maximum absolute atomic E-state index is 11.6. The Morgan fingerprint density at radius 2 is 1.82 bits per heavy atom. The van der Waals surface area contributed by atoms with E-state index in [0.29, 0.717) is 18.8 Å². The molecule has 0 saturated carbocycles. The number of sulfonamides is 1. The van der Waals surface area contributed by atoms with Gasteiger partial charge in [-0.15, -0.1) is 11.6 Å². The molecule has 1 aromatic rings. The lowest BCUT2D eigenvalue weighted by Gasteiger charge is -2.06. The van der Waals surface area contributed by atoms with E-state index in [1.54, 1.807) is 0 Å². The number of unbranched alkanes of at least 4 members (excludes halogenated alkanes) is 1. The van der Waals surface area contributed by atoms with Gasteiger partial charge in [0.05, 0.1) is 5.75 Å². The van der Waals surface area contributed by atoms with Crippen molar-refractivity contribution in [3.63, 3.8) is 0 Å². The summed E-state index contributed by atoms with van der Waals surface area (Å²) in [4.78, 5) is 0. The molecule has 0 aromatic heterocycles. The fourth-order valence-electron chi connectivity index (χ4n) is 1.36. The minimum atomic E-state index is -3.17. The van der Waals surface area contributed by atoms with E-state index in [2.05, 4.69) is 4.72 Å². The Morgan fingerprint density at radius 1 is 1.18 bits per heavy atom. The number of hydrogen-bond acceptors (Lipinski definition) is 2. The van der Waals surface area contributed by atoms with Gasteiger partial charge in [0.2, 0.25) is 10.0 Å². The zero-order valence-electron chi connectivity index (χ0n) is 9.95. The predicted molar refractivity (Wildman–Crippen MR) is 71.8 cm³/mol. The smallest absolute Gasteiger partial charge is 0.211 e. The lowest BCUT2D eigenvalue weighted by molar-refractivity contribution is 0.578. The number of alkyl halides is 1. The molecule has 1 aromatic carbocycles. The Labute approximate surface area is 108 Å². The maximum atomic E-state index is 11.6. The SMILES string of the molecule is Cc1ccc(CNS(=O)(=O)CCCCCl)cc1. The summed E-state index contributed by atoms with van der Waals surface area (Å²) < 4.78 is 25.8. The number of benzene rings is 1. The highest BCUT2D eigenvalue weighted by molar-refractivity contribution is 7.89. The van der Waals surface area contributed by atoms with Crippen LogP contribution in [0.3, 0.4) is 0 Å². The first kappa shape index (κ1) is 14.5. The average Bonchev–Trinajstić information content (AvgIpc) is 2.29. The Bertz CT molecular complexity index is 428. The van der Waals surface area contributed by atoms with Gasteiger partial charge in [-0.2, -0.15) is 0 Å². The van der Waals surface area contributed by atoms with Crippen molar-refractivity contribution in [1.82, 2.24) is 4.72 Å². The second-order valence-corrected chi connectivity index (χ2v) is 6.33. The highest BCUT2D eigenvalue weighted by Gasteiger charge is 2.08. The Morgan fingerprint density at radius 3 is 2.41 bits per heavy atom. The molecule has 1 rings (SSSR count). The van der Waals surface area contributed by atoms with Crippen molar-refractivity contribution < 1.29 is 8.42 Å². The van der Waals surface area contributed by atoms with E-state index in [4.69, 9.17) is 11.6 Å². The van der Waals surface area contributed by atoms with Crippen molar-refractivity contribution in [2.75, 3.05) is 11.6 Å². The summed E-state index contributed by atoms with van der Waals surface area (Å²) in [5.41, 5.74) is 2.13. The van der Waals surface area contributed by atoms with Crippen molar-refractivity contribution in [3.8, 4) is 0 Å². The number of halogens is 1. The summed E-state index contributed by atoms with van der Waals surface area (Å²) >= 11 is 5.50. The first-order chi connectivity index (χ1) is 8.03. The van der Waals surface area contributed by atoms with E-state index in [1.807, 2.05) is 31.2 Å². The highest BCUT2D eigenvalue weighted by Crippen LogP contribution is 2.04. The van der Waals surface area contributed by atoms with E-state index in [0.717, 1.165) is 12.0 Å². The molecule has 0 saturated heterocycles. The lowest BCUT2D eigenvalue weighted by atomic mass is 10.2. The van der Waals surface area contributed by atoms with Crippen molar-refractivity contribution >= 4 is 21.6 Å². The molecule has 5 heteroatoms. The van der Waals surface area contributed by atoms with Crippen molar-refractivity contribution in [2.45, 2.75) is 26.3 Å². The quantitative estimate of drug-likeness (QED) is 0.614. The van der Waals surface area contributed by atoms with Gasteiger partial charge in [0, 0.05) is 12.4 Å². The predicted octanol–water partition coefficient (Wildman–Crippen LogP) is 2.43. The summed E-state index contributed by atoms with van der Waals surface area (Å²) in [5, 5.41) is 0. The van der Waals surface area contributed by atoms with Crippen LogP contribution in [0.5, 0.6) is 0 Å². The first-order valence-corrected chi connectivity index (χ1v) is 7.81. The molecular weight excluding hydrogens is 258 g/mol. The van der Waals surface area contributed by atoms with Gasteiger partial charge in [0.25, 0.3) is 0 Å². The van der Waals surface area contributed by atoms with Crippen LogP contribution in [-0.2, 0) is 16.6 Å². The van der Waals surface area contributed by atoms with Crippen LogP contribution in [-0.4, -0.2) is 20.1 Å². The normalized spacial score (nSPS) is 11.6. The molecule has 0 bridgehead atoms. The van der Waals surface area contributed by atoms with E-state index in [-0.39, 0.29) is 5.75 Å². The molecule has 0 aliphatic carbocycles. The molecule has 0 heterocycles. The standard InChI is InChI=1S/C12H18ClNO2S/c1-11-4-6-12(7-5-11)10-14-17(15,16)9-3-2-8-13/h4-7,14H,2-3,8-10H2,1H3. The fraction of sp³-hybridized carbons (Fsp3) is 0.500. The number of rotatable bonds is 7. The van der Waals surface area contributed by atoms with Gasteiger partial charge in [0.15, 0.2) is 0 Å². The fourth-order valence-corrected chi connectivity index (χ4v) is 2.66. The topological polar surface area (TPSA) is 46.2 Å². The number of aryl methyl sites for hydroxylation is 1. The van der Waals surface area contributed by atoms with E-state index < -0.39 is 10.0 Å². The van der Waals surface area contributed by atoms with Crippen molar-refractivity contribution in [1.29, 1.82) is 0 Å². The zero-order chi connectivity index (χ0) is 12.7. The molecule has 0 spiro atoms. The van der Waals surface area contributed by atoms with Gasteiger partial charge in [0.1, 0.15) is 0 Å². The lowest BCUT2D eigenvalue weighted by Crippen LogP contribution is -2.25. The molecule has 96 valence electrons. The molecule has 3 nitrogen and oxygen atoms in total. The minimum Gasteiger partial charge on any atom is -0.212 e. The highest BCUT2D eigenvalue weighted by atomic mass is 35.5. The van der Waals surface area contributed by atoms with Crippen molar-refractivity contribution in [3.05, 3.63) is 35.4 Å². The third-order valence-corrected chi connectivity index (χ3v) is 4.09. The molecular formula is C12H18ClNO2S. The minimum absolute atomic E-state index is 0.144. The Hall–Kier alpha value is -0.580. The molecule has 0 radical (unpaired) electrons. The molecule has 0 fully saturated rings. The van der Waals surface area contributed by atoms with Gasteiger partial charge in [-0.25, -0.2) is 13.1 Å². The third-order valence-electron chi connectivity index (χ3n) is 2.41.